The first kappa shape index (κ1) is 17.0. The van der Waals surface area contributed by atoms with Gasteiger partial charge >= 0.3 is 5.97 Å². The van der Waals surface area contributed by atoms with Gasteiger partial charge < -0.3 is 4.74 Å². The minimum Gasteiger partial charge on any atom is -0.459 e. The summed E-state index contributed by atoms with van der Waals surface area (Å²) in [6.07, 6.45) is 0. The predicted molar refractivity (Wildman–Crippen MR) is 82.9 cm³/mol. The third kappa shape index (κ3) is 7.51. The second kappa shape index (κ2) is 7.65. The third-order valence-corrected chi connectivity index (χ3v) is 2.67. The highest BCUT2D eigenvalue weighted by Gasteiger charge is 2.20. The lowest BCUT2D eigenvalue weighted by molar-refractivity contribution is -0.156. The minimum absolute atomic E-state index is 0.0128. The zero-order valence-electron chi connectivity index (χ0n) is 12.7. The third-order valence-electron chi connectivity index (χ3n) is 2.53. The van der Waals surface area contributed by atoms with Crippen molar-refractivity contribution in [2.45, 2.75) is 45.2 Å². The molecule has 0 aromatic heterocycles. The molecule has 0 fully saturated rings. The van der Waals surface area contributed by atoms with Crippen LogP contribution in [0.15, 0.2) is 30.3 Å². The Morgan fingerprint density at radius 3 is 2.40 bits per heavy atom. The molecule has 1 aromatic carbocycles. The first-order valence-electron chi connectivity index (χ1n) is 6.88. The number of benzene rings is 1. The molecule has 3 nitrogen and oxygen atoms in total. The van der Waals surface area contributed by atoms with Gasteiger partial charge in [0.15, 0.2) is 0 Å². The first-order chi connectivity index (χ1) is 9.26. The van der Waals surface area contributed by atoms with Gasteiger partial charge in [-0.2, -0.15) is 0 Å². The first-order valence-corrected chi connectivity index (χ1v) is 7.32. The van der Waals surface area contributed by atoms with Crippen molar-refractivity contribution in [1.82, 2.24) is 4.90 Å². The van der Waals surface area contributed by atoms with E-state index >= 15 is 0 Å². The summed E-state index contributed by atoms with van der Waals surface area (Å²) in [4.78, 5) is 13.9. The van der Waals surface area contributed by atoms with Gasteiger partial charge in [0.05, 0.1) is 6.54 Å². The number of rotatable bonds is 6. The average Bonchev–Trinajstić information content (AvgIpc) is 2.26. The maximum atomic E-state index is 11.9. The highest BCUT2D eigenvalue weighted by molar-refractivity contribution is 6.20. The molecule has 0 aliphatic rings. The molecular weight excluding hydrogens is 274 g/mol. The van der Waals surface area contributed by atoms with Crippen LogP contribution in [0, 0.1) is 0 Å². The van der Waals surface area contributed by atoms with Crippen LogP contribution in [-0.4, -0.2) is 34.9 Å². The van der Waals surface area contributed by atoms with Crippen molar-refractivity contribution in [1.29, 1.82) is 0 Å². The number of nitrogens with zero attached hydrogens (tertiary/aromatic N) is 1. The van der Waals surface area contributed by atoms with Gasteiger partial charge in [0.2, 0.25) is 0 Å². The largest absolute Gasteiger partial charge is 0.459 e. The van der Waals surface area contributed by atoms with Crippen molar-refractivity contribution < 1.29 is 9.53 Å². The van der Waals surface area contributed by atoms with E-state index in [1.807, 2.05) is 62.9 Å². The van der Waals surface area contributed by atoms with E-state index in [4.69, 9.17) is 16.3 Å². The molecule has 112 valence electrons. The maximum absolute atomic E-state index is 11.9. The summed E-state index contributed by atoms with van der Waals surface area (Å²) < 4.78 is 5.36. The maximum Gasteiger partial charge on any atom is 0.320 e. The number of halogens is 1. The second-order valence-corrected chi connectivity index (χ2v) is 6.77. The zero-order valence-corrected chi connectivity index (χ0v) is 13.5. The van der Waals surface area contributed by atoms with Crippen molar-refractivity contribution >= 4 is 17.6 Å². The van der Waals surface area contributed by atoms with E-state index < -0.39 is 5.60 Å². The van der Waals surface area contributed by atoms with E-state index in [0.29, 0.717) is 13.1 Å². The quantitative estimate of drug-likeness (QED) is 0.595. The highest BCUT2D eigenvalue weighted by atomic mass is 35.5. The van der Waals surface area contributed by atoms with Crippen LogP contribution in [0.5, 0.6) is 0 Å². The van der Waals surface area contributed by atoms with Crippen LogP contribution in [-0.2, 0) is 16.1 Å². The lowest BCUT2D eigenvalue weighted by Gasteiger charge is -2.25. The van der Waals surface area contributed by atoms with Gasteiger partial charge in [-0.3, -0.25) is 9.69 Å². The summed E-state index contributed by atoms with van der Waals surface area (Å²) in [5, 5.41) is -0.0128. The molecule has 0 unspecified atom stereocenters. The summed E-state index contributed by atoms with van der Waals surface area (Å²) in [5.41, 5.74) is 0.704. The molecule has 0 bridgehead atoms. The Morgan fingerprint density at radius 1 is 1.30 bits per heavy atom. The van der Waals surface area contributed by atoms with E-state index in [2.05, 4.69) is 0 Å². The van der Waals surface area contributed by atoms with Crippen LogP contribution in [0.1, 0.15) is 33.3 Å². The van der Waals surface area contributed by atoms with Gasteiger partial charge in [0.1, 0.15) is 5.60 Å². The molecule has 1 rings (SSSR count). The Kier molecular flexibility index (Phi) is 6.50. The smallest absolute Gasteiger partial charge is 0.320 e. The van der Waals surface area contributed by atoms with Crippen molar-refractivity contribution in [3.63, 3.8) is 0 Å². The van der Waals surface area contributed by atoms with Crippen LogP contribution in [0.2, 0.25) is 0 Å². The number of hydrogen-bond donors (Lipinski definition) is 0. The van der Waals surface area contributed by atoms with E-state index in [1.54, 1.807) is 0 Å². The topological polar surface area (TPSA) is 29.5 Å². The lowest BCUT2D eigenvalue weighted by atomic mass is 10.2. The normalized spacial score (nSPS) is 13.3. The fourth-order valence-corrected chi connectivity index (χ4v) is 2.13. The van der Waals surface area contributed by atoms with Crippen LogP contribution in [0.4, 0.5) is 0 Å². The monoisotopic (exact) mass is 297 g/mol. The molecule has 0 spiro atoms. The van der Waals surface area contributed by atoms with Gasteiger partial charge in [-0.05, 0) is 33.3 Å². The molecule has 0 amide bonds. The Bertz CT molecular complexity index is 412. The van der Waals surface area contributed by atoms with Crippen molar-refractivity contribution in [2.24, 2.45) is 0 Å². The Morgan fingerprint density at radius 2 is 1.90 bits per heavy atom. The van der Waals surface area contributed by atoms with Crippen LogP contribution in [0.25, 0.3) is 0 Å². The molecule has 0 saturated carbocycles. The predicted octanol–water partition coefficient (Wildman–Crippen LogP) is 3.46. The Balaban J connectivity index is 2.63. The molecule has 4 heteroatoms. The number of esters is 1. The molecule has 0 aliphatic carbocycles. The van der Waals surface area contributed by atoms with E-state index in [9.17, 15) is 4.79 Å². The van der Waals surface area contributed by atoms with Crippen LogP contribution < -0.4 is 0 Å². The van der Waals surface area contributed by atoms with Gasteiger partial charge in [-0.25, -0.2) is 0 Å². The summed E-state index contributed by atoms with van der Waals surface area (Å²) in [6, 6.07) is 10.0. The number of alkyl halides is 1. The number of carbonyl (C=O) groups excluding carboxylic acids is 1. The van der Waals surface area contributed by atoms with Crippen LogP contribution >= 0.6 is 11.6 Å². The fraction of sp³-hybridized carbons (Fsp3) is 0.562. The van der Waals surface area contributed by atoms with E-state index in [0.717, 1.165) is 5.56 Å². The molecule has 0 aliphatic heterocycles. The number of carbonyl (C=O) groups is 1. The van der Waals surface area contributed by atoms with Crippen LogP contribution in [0.3, 0.4) is 0 Å². The summed E-state index contributed by atoms with van der Waals surface area (Å²) in [6.45, 7) is 9.13. The van der Waals surface area contributed by atoms with Crippen molar-refractivity contribution in [3.05, 3.63) is 35.9 Å². The molecule has 0 saturated heterocycles. The molecule has 0 heterocycles. The molecule has 1 atom stereocenters. The average molecular weight is 298 g/mol. The van der Waals surface area contributed by atoms with Crippen molar-refractivity contribution in [3.8, 4) is 0 Å². The van der Waals surface area contributed by atoms with Gasteiger partial charge in [0.25, 0.3) is 0 Å². The SMILES string of the molecule is C[C@H](Cl)CN(CC(=O)OC(C)(C)C)Cc1ccccc1. The van der Waals surface area contributed by atoms with Crippen molar-refractivity contribution in [2.75, 3.05) is 13.1 Å². The molecule has 0 N–H and O–H groups in total. The van der Waals surface area contributed by atoms with E-state index in [-0.39, 0.29) is 17.9 Å². The lowest BCUT2D eigenvalue weighted by Crippen LogP contribution is -2.37. The molecule has 20 heavy (non-hydrogen) atoms. The molecule has 1 aromatic rings. The highest BCUT2D eigenvalue weighted by Crippen LogP contribution is 2.11. The standard InChI is InChI=1S/C16H24ClNO2/c1-13(17)10-18(11-14-8-6-5-7-9-14)12-15(19)20-16(2,3)4/h5-9,13H,10-12H2,1-4H3/t13-/m0/s1. The van der Waals surface area contributed by atoms with Gasteiger partial charge in [-0.1, -0.05) is 30.3 Å². The number of ether oxygens (including phenoxy) is 1. The molecular formula is C16H24ClNO2. The molecule has 0 radical (unpaired) electrons. The van der Waals surface area contributed by atoms with Gasteiger partial charge in [-0.15, -0.1) is 11.6 Å². The minimum atomic E-state index is -0.456. The summed E-state index contributed by atoms with van der Waals surface area (Å²) in [7, 11) is 0. The Hall–Kier alpha value is -1.06. The fourth-order valence-electron chi connectivity index (χ4n) is 1.94. The second-order valence-electron chi connectivity index (χ2n) is 6.02. The zero-order chi connectivity index (χ0) is 15.2. The number of hydrogen-bond acceptors (Lipinski definition) is 3. The van der Waals surface area contributed by atoms with E-state index in [1.165, 1.54) is 0 Å². The summed E-state index contributed by atoms with van der Waals surface area (Å²) in [5.74, 6) is -0.217. The summed E-state index contributed by atoms with van der Waals surface area (Å²) >= 11 is 6.06. The Labute approximate surface area is 126 Å². The van der Waals surface area contributed by atoms with Gasteiger partial charge in [0, 0.05) is 18.5 Å².